The summed E-state index contributed by atoms with van der Waals surface area (Å²) in [6.45, 7) is 2.40. The van der Waals surface area contributed by atoms with E-state index < -0.39 is 7.12 Å². The monoisotopic (exact) mass is 258 g/mol. The van der Waals surface area contributed by atoms with E-state index in [4.69, 9.17) is 9.15 Å². The molecule has 0 saturated heterocycles. The lowest BCUT2D eigenvalue weighted by Crippen LogP contribution is -2.30. The van der Waals surface area contributed by atoms with Crippen molar-refractivity contribution in [2.45, 2.75) is 6.92 Å². The fourth-order valence-electron chi connectivity index (χ4n) is 1.70. The molecule has 0 amide bonds. The van der Waals surface area contributed by atoms with Crippen LogP contribution in [0.25, 0.3) is 12.2 Å². The lowest BCUT2D eigenvalue weighted by molar-refractivity contribution is 0.340. The van der Waals surface area contributed by atoms with Crippen molar-refractivity contribution < 1.29 is 19.2 Å². The van der Waals surface area contributed by atoms with Crippen LogP contribution in [0.2, 0.25) is 0 Å². The smallest absolute Gasteiger partial charge is 0.488 e. The molecule has 0 spiro atoms. The van der Waals surface area contributed by atoms with Crippen LogP contribution in [0.1, 0.15) is 18.1 Å². The van der Waals surface area contributed by atoms with Gasteiger partial charge in [0.15, 0.2) is 0 Å². The first kappa shape index (κ1) is 13.5. The minimum Gasteiger partial charge on any atom is -0.494 e. The Hall–Kier alpha value is -1.98. The molecule has 1 aromatic heterocycles. The standard InChI is InChI=1S/C14H15BO4/c1-2-19-14-8-12(7-13(9-14)15(16)17)4-3-11-5-6-18-10-11/h3-10,16-17H,2H2,1H3/b4-3+. The molecular weight excluding hydrogens is 243 g/mol. The van der Waals surface area contributed by atoms with Gasteiger partial charge in [0.25, 0.3) is 0 Å². The van der Waals surface area contributed by atoms with Crippen molar-refractivity contribution in [3.63, 3.8) is 0 Å². The van der Waals surface area contributed by atoms with Crippen LogP contribution in [0.15, 0.2) is 41.2 Å². The summed E-state index contributed by atoms with van der Waals surface area (Å²) in [5.41, 5.74) is 2.17. The first-order chi connectivity index (χ1) is 9.19. The van der Waals surface area contributed by atoms with Crippen molar-refractivity contribution in [2.24, 2.45) is 0 Å². The van der Waals surface area contributed by atoms with E-state index in [2.05, 4.69) is 0 Å². The summed E-state index contributed by atoms with van der Waals surface area (Å²) >= 11 is 0. The van der Waals surface area contributed by atoms with Crippen molar-refractivity contribution in [1.82, 2.24) is 0 Å². The van der Waals surface area contributed by atoms with Gasteiger partial charge < -0.3 is 19.2 Å². The average molecular weight is 258 g/mol. The van der Waals surface area contributed by atoms with E-state index in [1.807, 2.05) is 31.2 Å². The van der Waals surface area contributed by atoms with Gasteiger partial charge in [-0.1, -0.05) is 18.2 Å². The molecule has 0 unspecified atom stereocenters. The lowest BCUT2D eigenvalue weighted by Gasteiger charge is -2.07. The van der Waals surface area contributed by atoms with Crippen LogP contribution in [0.5, 0.6) is 5.75 Å². The van der Waals surface area contributed by atoms with Crippen LogP contribution in [0, 0.1) is 0 Å². The molecule has 2 aromatic rings. The summed E-state index contributed by atoms with van der Waals surface area (Å²) in [5.74, 6) is 0.611. The summed E-state index contributed by atoms with van der Waals surface area (Å²) in [4.78, 5) is 0. The van der Waals surface area contributed by atoms with Crippen molar-refractivity contribution in [2.75, 3.05) is 6.61 Å². The van der Waals surface area contributed by atoms with E-state index in [0.717, 1.165) is 11.1 Å². The quantitative estimate of drug-likeness (QED) is 0.798. The van der Waals surface area contributed by atoms with E-state index in [1.165, 1.54) is 0 Å². The minimum atomic E-state index is -1.51. The first-order valence-electron chi connectivity index (χ1n) is 6.03. The molecule has 0 aliphatic rings. The predicted octanol–water partition coefficient (Wildman–Crippen LogP) is 1.53. The number of benzene rings is 1. The van der Waals surface area contributed by atoms with Gasteiger partial charge in [-0.2, -0.15) is 0 Å². The Morgan fingerprint density at radius 1 is 1.21 bits per heavy atom. The largest absolute Gasteiger partial charge is 0.494 e. The maximum atomic E-state index is 9.25. The third kappa shape index (κ3) is 3.74. The Balaban J connectivity index is 2.28. The van der Waals surface area contributed by atoms with Crippen molar-refractivity contribution in [3.05, 3.63) is 47.9 Å². The molecule has 0 bridgehead atoms. The molecule has 0 fully saturated rings. The van der Waals surface area contributed by atoms with Gasteiger partial charge in [0.05, 0.1) is 19.1 Å². The van der Waals surface area contributed by atoms with E-state index in [0.29, 0.717) is 17.8 Å². The average Bonchev–Trinajstić information content (AvgIpc) is 2.89. The highest BCUT2D eigenvalue weighted by molar-refractivity contribution is 6.58. The maximum Gasteiger partial charge on any atom is 0.488 e. The minimum absolute atomic E-state index is 0.401. The fraction of sp³-hybridized carbons (Fsp3) is 0.143. The Kier molecular flexibility index (Phi) is 4.44. The van der Waals surface area contributed by atoms with Crippen LogP contribution < -0.4 is 10.2 Å². The van der Waals surface area contributed by atoms with E-state index >= 15 is 0 Å². The zero-order valence-corrected chi connectivity index (χ0v) is 10.6. The molecule has 0 saturated carbocycles. The van der Waals surface area contributed by atoms with Gasteiger partial charge in [-0.15, -0.1) is 0 Å². The molecule has 2 N–H and O–H groups in total. The van der Waals surface area contributed by atoms with Crippen LogP contribution >= 0.6 is 0 Å². The molecule has 2 rings (SSSR count). The molecule has 19 heavy (non-hydrogen) atoms. The van der Waals surface area contributed by atoms with Gasteiger partial charge in [-0.25, -0.2) is 0 Å². The zero-order valence-electron chi connectivity index (χ0n) is 10.6. The molecule has 0 radical (unpaired) electrons. The van der Waals surface area contributed by atoms with Crippen molar-refractivity contribution in [1.29, 1.82) is 0 Å². The fourth-order valence-corrected chi connectivity index (χ4v) is 1.70. The number of rotatable bonds is 5. The Morgan fingerprint density at radius 2 is 2.00 bits per heavy atom. The molecule has 1 heterocycles. The van der Waals surface area contributed by atoms with Gasteiger partial charge >= 0.3 is 7.12 Å². The highest BCUT2D eigenvalue weighted by Crippen LogP contribution is 2.15. The van der Waals surface area contributed by atoms with E-state index in [-0.39, 0.29) is 0 Å². The normalized spacial score (nSPS) is 10.9. The van der Waals surface area contributed by atoms with Crippen molar-refractivity contribution >= 4 is 24.7 Å². The number of hydrogen-bond donors (Lipinski definition) is 2. The summed E-state index contributed by atoms with van der Waals surface area (Å²) in [5, 5.41) is 18.5. The Bertz CT molecular complexity index is 547. The summed E-state index contributed by atoms with van der Waals surface area (Å²) < 4.78 is 10.4. The van der Waals surface area contributed by atoms with Crippen LogP contribution in [0.4, 0.5) is 0 Å². The summed E-state index contributed by atoms with van der Waals surface area (Å²) in [6, 6.07) is 6.99. The number of hydrogen-bond acceptors (Lipinski definition) is 4. The molecule has 5 heteroatoms. The topological polar surface area (TPSA) is 62.8 Å². The van der Waals surface area contributed by atoms with E-state index in [1.54, 1.807) is 24.7 Å². The second-order valence-electron chi connectivity index (χ2n) is 4.03. The van der Waals surface area contributed by atoms with Crippen LogP contribution in [-0.2, 0) is 0 Å². The third-order valence-electron chi connectivity index (χ3n) is 2.57. The second-order valence-corrected chi connectivity index (χ2v) is 4.03. The highest BCUT2D eigenvalue weighted by atomic mass is 16.5. The third-order valence-corrected chi connectivity index (χ3v) is 2.57. The molecule has 0 atom stereocenters. The molecule has 0 aliphatic carbocycles. The van der Waals surface area contributed by atoms with Crippen molar-refractivity contribution in [3.8, 4) is 5.75 Å². The molecule has 4 nitrogen and oxygen atoms in total. The number of furan rings is 1. The highest BCUT2D eigenvalue weighted by Gasteiger charge is 2.12. The van der Waals surface area contributed by atoms with Crippen LogP contribution in [0.3, 0.4) is 0 Å². The molecule has 1 aromatic carbocycles. The summed E-state index contributed by atoms with van der Waals surface area (Å²) in [7, 11) is -1.51. The SMILES string of the molecule is CCOc1cc(/C=C/c2ccoc2)cc(B(O)O)c1. The van der Waals surface area contributed by atoms with Gasteiger partial charge in [-0.05, 0) is 36.1 Å². The van der Waals surface area contributed by atoms with Crippen LogP contribution in [-0.4, -0.2) is 23.8 Å². The van der Waals surface area contributed by atoms with Gasteiger partial charge in [0.1, 0.15) is 5.75 Å². The molecular formula is C14H15BO4. The van der Waals surface area contributed by atoms with Gasteiger partial charge in [0, 0.05) is 5.56 Å². The maximum absolute atomic E-state index is 9.25. The Morgan fingerprint density at radius 3 is 2.63 bits per heavy atom. The predicted molar refractivity (Wildman–Crippen MR) is 75.1 cm³/mol. The summed E-state index contributed by atoms with van der Waals surface area (Å²) in [6.07, 6.45) is 6.96. The van der Waals surface area contributed by atoms with Gasteiger partial charge in [-0.3, -0.25) is 0 Å². The first-order valence-corrected chi connectivity index (χ1v) is 6.03. The molecule has 0 aliphatic heterocycles. The molecule has 98 valence electrons. The van der Waals surface area contributed by atoms with E-state index in [9.17, 15) is 10.0 Å². The Labute approximate surface area is 112 Å². The number of ether oxygens (including phenoxy) is 1. The zero-order chi connectivity index (χ0) is 13.7. The lowest BCUT2D eigenvalue weighted by atomic mass is 9.79. The van der Waals surface area contributed by atoms with Gasteiger partial charge in [0.2, 0.25) is 0 Å². The second kappa shape index (κ2) is 6.27.